The van der Waals surface area contributed by atoms with E-state index in [4.69, 9.17) is 9.47 Å². The number of rotatable bonds is 5. The quantitative estimate of drug-likeness (QED) is 0.611. The van der Waals surface area contributed by atoms with Crippen molar-refractivity contribution in [2.24, 2.45) is 0 Å². The highest BCUT2D eigenvalue weighted by molar-refractivity contribution is 5.89. The van der Waals surface area contributed by atoms with Crippen LogP contribution in [0, 0.1) is 5.82 Å². The molecule has 0 spiro atoms. The molecule has 19 heavy (non-hydrogen) atoms. The second-order valence-corrected chi connectivity index (χ2v) is 3.87. The molecule has 0 heterocycles. The first kappa shape index (κ1) is 13.2. The molecule has 2 aromatic rings. The summed E-state index contributed by atoms with van der Waals surface area (Å²) in [5, 5.41) is 0. The zero-order valence-electron chi connectivity index (χ0n) is 10.4. The van der Waals surface area contributed by atoms with E-state index < -0.39 is 5.82 Å². The van der Waals surface area contributed by atoms with Gasteiger partial charge in [0.25, 0.3) is 0 Å². The highest BCUT2D eigenvalue weighted by atomic mass is 19.1. The zero-order valence-corrected chi connectivity index (χ0v) is 10.4. The van der Waals surface area contributed by atoms with Crippen LogP contribution in [0.4, 0.5) is 4.39 Å². The molecule has 0 unspecified atom stereocenters. The van der Waals surface area contributed by atoms with Gasteiger partial charge < -0.3 is 9.47 Å². The number of para-hydroxylation sites is 1. The standard InChI is InChI=1S/C15H13FO3/c1-18-10-19-15-8-3-2-5-12(15)11-6-4-7-14(16)13(11)9-17/h2-9H,10H2,1H3. The van der Waals surface area contributed by atoms with Crippen molar-refractivity contribution in [3.8, 4) is 16.9 Å². The molecule has 0 N–H and O–H groups in total. The minimum atomic E-state index is -0.547. The number of halogens is 1. The third-order valence-electron chi connectivity index (χ3n) is 2.68. The lowest BCUT2D eigenvalue weighted by atomic mass is 9.99. The van der Waals surface area contributed by atoms with Crippen LogP contribution in [0.25, 0.3) is 11.1 Å². The normalized spacial score (nSPS) is 10.2. The van der Waals surface area contributed by atoms with Crippen molar-refractivity contribution >= 4 is 6.29 Å². The first-order chi connectivity index (χ1) is 9.27. The van der Waals surface area contributed by atoms with Crippen molar-refractivity contribution in [3.63, 3.8) is 0 Å². The summed E-state index contributed by atoms with van der Waals surface area (Å²) >= 11 is 0. The molecule has 0 aliphatic rings. The molecule has 0 fully saturated rings. The molecule has 2 rings (SSSR count). The number of methoxy groups -OCH3 is 1. The summed E-state index contributed by atoms with van der Waals surface area (Å²) in [6.45, 7) is 0.0861. The van der Waals surface area contributed by atoms with Crippen LogP contribution in [-0.4, -0.2) is 20.2 Å². The van der Waals surface area contributed by atoms with Crippen LogP contribution in [-0.2, 0) is 4.74 Å². The lowest BCUT2D eigenvalue weighted by Crippen LogP contribution is -2.01. The Hall–Kier alpha value is -2.20. The molecule has 0 radical (unpaired) electrons. The number of hydrogen-bond donors (Lipinski definition) is 0. The van der Waals surface area contributed by atoms with E-state index in [0.29, 0.717) is 23.2 Å². The fourth-order valence-electron chi connectivity index (χ4n) is 1.83. The minimum absolute atomic E-state index is 0.0240. The van der Waals surface area contributed by atoms with Gasteiger partial charge in [-0.3, -0.25) is 4.79 Å². The highest BCUT2D eigenvalue weighted by Crippen LogP contribution is 2.32. The Bertz CT molecular complexity index is 581. The zero-order chi connectivity index (χ0) is 13.7. The topological polar surface area (TPSA) is 35.5 Å². The number of hydrogen-bond acceptors (Lipinski definition) is 3. The Morgan fingerprint density at radius 2 is 1.84 bits per heavy atom. The van der Waals surface area contributed by atoms with Gasteiger partial charge in [-0.2, -0.15) is 0 Å². The van der Waals surface area contributed by atoms with E-state index in [0.717, 1.165) is 0 Å². The second-order valence-electron chi connectivity index (χ2n) is 3.87. The molecule has 2 aromatic carbocycles. The number of aldehydes is 1. The van der Waals surface area contributed by atoms with Gasteiger partial charge in [-0.05, 0) is 17.7 Å². The number of ether oxygens (including phenoxy) is 2. The van der Waals surface area contributed by atoms with E-state index in [-0.39, 0.29) is 12.4 Å². The molecule has 0 aromatic heterocycles. The molecule has 0 aliphatic heterocycles. The van der Waals surface area contributed by atoms with Gasteiger partial charge in [0.2, 0.25) is 0 Å². The van der Waals surface area contributed by atoms with E-state index in [1.165, 1.54) is 13.2 Å². The first-order valence-corrected chi connectivity index (χ1v) is 5.72. The number of carbonyl (C=O) groups excluding carboxylic acids is 1. The van der Waals surface area contributed by atoms with Crippen LogP contribution in [0.15, 0.2) is 42.5 Å². The molecule has 0 bridgehead atoms. The monoisotopic (exact) mass is 260 g/mol. The SMILES string of the molecule is COCOc1ccccc1-c1cccc(F)c1C=O. The van der Waals surface area contributed by atoms with Crippen molar-refractivity contribution in [2.45, 2.75) is 0 Å². The molecule has 98 valence electrons. The van der Waals surface area contributed by atoms with E-state index in [1.807, 2.05) is 0 Å². The van der Waals surface area contributed by atoms with Crippen molar-refractivity contribution in [1.82, 2.24) is 0 Å². The van der Waals surface area contributed by atoms with Crippen molar-refractivity contribution < 1.29 is 18.7 Å². The van der Waals surface area contributed by atoms with Crippen LogP contribution in [0.1, 0.15) is 10.4 Å². The molecule has 0 atom stereocenters. The van der Waals surface area contributed by atoms with Gasteiger partial charge in [-0.25, -0.2) is 4.39 Å². The average molecular weight is 260 g/mol. The van der Waals surface area contributed by atoms with Gasteiger partial charge in [-0.15, -0.1) is 0 Å². The molecular formula is C15H13FO3. The van der Waals surface area contributed by atoms with Crippen LogP contribution in [0.3, 0.4) is 0 Å². The molecule has 0 amide bonds. The lowest BCUT2D eigenvalue weighted by molar-refractivity contribution is 0.0515. The van der Waals surface area contributed by atoms with E-state index in [1.54, 1.807) is 36.4 Å². The largest absolute Gasteiger partial charge is 0.467 e. The summed E-state index contributed by atoms with van der Waals surface area (Å²) in [4.78, 5) is 11.0. The summed E-state index contributed by atoms with van der Waals surface area (Å²) < 4.78 is 23.9. The number of carbonyl (C=O) groups is 1. The fourth-order valence-corrected chi connectivity index (χ4v) is 1.83. The fraction of sp³-hybridized carbons (Fsp3) is 0.133. The Labute approximate surface area is 110 Å². The maximum absolute atomic E-state index is 13.6. The van der Waals surface area contributed by atoms with Crippen LogP contribution in [0.2, 0.25) is 0 Å². The van der Waals surface area contributed by atoms with E-state index in [9.17, 15) is 9.18 Å². The second kappa shape index (κ2) is 6.11. The summed E-state index contributed by atoms with van der Waals surface area (Å²) in [6, 6.07) is 11.6. The predicted molar refractivity (Wildman–Crippen MR) is 69.7 cm³/mol. The van der Waals surface area contributed by atoms with Crippen molar-refractivity contribution in [3.05, 3.63) is 53.8 Å². The van der Waals surface area contributed by atoms with E-state index in [2.05, 4.69) is 0 Å². The molecule has 0 aliphatic carbocycles. The number of benzene rings is 2. The maximum atomic E-state index is 13.6. The molecule has 3 nitrogen and oxygen atoms in total. The summed E-state index contributed by atoms with van der Waals surface area (Å²) in [5.41, 5.74) is 1.18. The highest BCUT2D eigenvalue weighted by Gasteiger charge is 2.13. The van der Waals surface area contributed by atoms with Gasteiger partial charge in [0.15, 0.2) is 13.1 Å². The van der Waals surface area contributed by atoms with E-state index >= 15 is 0 Å². The van der Waals surface area contributed by atoms with Gasteiger partial charge in [0, 0.05) is 12.7 Å². The van der Waals surface area contributed by atoms with Crippen LogP contribution < -0.4 is 4.74 Å². The Balaban J connectivity index is 2.52. The minimum Gasteiger partial charge on any atom is -0.467 e. The molecule has 4 heteroatoms. The van der Waals surface area contributed by atoms with Gasteiger partial charge in [-0.1, -0.05) is 30.3 Å². The third-order valence-corrected chi connectivity index (χ3v) is 2.68. The Kier molecular flexibility index (Phi) is 4.26. The molecular weight excluding hydrogens is 247 g/mol. The smallest absolute Gasteiger partial charge is 0.188 e. The first-order valence-electron chi connectivity index (χ1n) is 5.72. The van der Waals surface area contributed by atoms with Crippen LogP contribution in [0.5, 0.6) is 5.75 Å². The third kappa shape index (κ3) is 2.80. The summed E-state index contributed by atoms with van der Waals surface area (Å²) in [7, 11) is 1.52. The Morgan fingerprint density at radius 3 is 2.58 bits per heavy atom. The Morgan fingerprint density at radius 1 is 1.11 bits per heavy atom. The lowest BCUT2D eigenvalue weighted by Gasteiger charge is -2.12. The van der Waals surface area contributed by atoms with Gasteiger partial charge in [0.05, 0.1) is 5.56 Å². The van der Waals surface area contributed by atoms with Gasteiger partial charge in [0.1, 0.15) is 11.6 Å². The average Bonchev–Trinajstić information content (AvgIpc) is 2.45. The summed E-state index contributed by atoms with van der Waals surface area (Å²) in [6.07, 6.45) is 0.512. The van der Waals surface area contributed by atoms with Crippen LogP contribution >= 0.6 is 0 Å². The van der Waals surface area contributed by atoms with Crippen molar-refractivity contribution in [2.75, 3.05) is 13.9 Å². The molecule has 0 saturated heterocycles. The van der Waals surface area contributed by atoms with Crippen molar-refractivity contribution in [1.29, 1.82) is 0 Å². The molecule has 0 saturated carbocycles. The maximum Gasteiger partial charge on any atom is 0.188 e. The summed E-state index contributed by atoms with van der Waals surface area (Å²) in [5.74, 6) is -0.00732. The van der Waals surface area contributed by atoms with Gasteiger partial charge >= 0.3 is 0 Å². The predicted octanol–water partition coefficient (Wildman–Crippen LogP) is 3.29.